The summed E-state index contributed by atoms with van der Waals surface area (Å²) in [5, 5.41) is 2.81. The lowest BCUT2D eigenvalue weighted by atomic mass is 9.64. The van der Waals surface area contributed by atoms with E-state index >= 15 is 0 Å². The Kier molecular flexibility index (Phi) is 5.53. The first kappa shape index (κ1) is 20.8. The zero-order valence-corrected chi connectivity index (χ0v) is 17.8. The molecule has 1 heterocycles. The molecule has 2 aliphatic rings. The summed E-state index contributed by atoms with van der Waals surface area (Å²) >= 11 is 3.16. The summed E-state index contributed by atoms with van der Waals surface area (Å²) in [5.74, 6) is -1.37. The number of imide groups is 1. The van der Waals surface area contributed by atoms with Gasteiger partial charge in [-0.15, -0.1) is 0 Å². The number of nitrogens with one attached hydrogen (secondary N) is 1. The lowest BCUT2D eigenvalue weighted by Crippen LogP contribution is -2.54. The molecule has 1 aliphatic heterocycles. The minimum atomic E-state index is -0.962. The number of ether oxygens (including phenoxy) is 1. The van der Waals surface area contributed by atoms with Gasteiger partial charge in [-0.1, -0.05) is 42.8 Å². The van der Waals surface area contributed by atoms with Crippen LogP contribution in [0.2, 0.25) is 0 Å². The molecular weight excluding hydrogens is 431 g/mol. The van der Waals surface area contributed by atoms with Gasteiger partial charge in [0.1, 0.15) is 24.5 Å². The highest BCUT2D eigenvalue weighted by Gasteiger charge is 2.56. The van der Waals surface area contributed by atoms with Crippen LogP contribution in [0, 0.1) is 17.2 Å². The van der Waals surface area contributed by atoms with Crippen LogP contribution in [-0.2, 0) is 20.9 Å². The second-order valence-corrected chi connectivity index (χ2v) is 9.57. The highest BCUT2D eigenvalue weighted by atomic mass is 79.9. The van der Waals surface area contributed by atoms with Crippen LogP contribution in [0.15, 0.2) is 22.7 Å². The quantitative estimate of drug-likeness (QED) is 0.554. The van der Waals surface area contributed by atoms with E-state index in [9.17, 15) is 18.8 Å². The van der Waals surface area contributed by atoms with Crippen LogP contribution >= 0.6 is 15.9 Å². The van der Waals surface area contributed by atoms with Crippen molar-refractivity contribution in [2.45, 2.75) is 52.2 Å². The Labute approximate surface area is 171 Å². The highest BCUT2D eigenvalue weighted by Crippen LogP contribution is 2.46. The highest BCUT2D eigenvalue weighted by molar-refractivity contribution is 9.10. The molecule has 28 heavy (non-hydrogen) atoms. The van der Waals surface area contributed by atoms with Gasteiger partial charge < -0.3 is 10.1 Å². The Bertz CT molecular complexity index is 828. The molecule has 0 radical (unpaired) electrons. The molecule has 3 amide bonds. The largest absolute Gasteiger partial charge is 0.459 e. The number of benzene rings is 1. The summed E-state index contributed by atoms with van der Waals surface area (Å²) < 4.78 is 19.5. The topological polar surface area (TPSA) is 75.7 Å². The first-order valence-electron chi connectivity index (χ1n) is 9.25. The van der Waals surface area contributed by atoms with E-state index in [1.165, 1.54) is 12.1 Å². The second kappa shape index (κ2) is 7.46. The van der Waals surface area contributed by atoms with Gasteiger partial charge in [-0.25, -0.2) is 9.18 Å². The third kappa shape index (κ3) is 4.21. The zero-order chi connectivity index (χ0) is 20.7. The Morgan fingerprint density at radius 1 is 1.36 bits per heavy atom. The third-order valence-corrected chi connectivity index (χ3v) is 5.81. The first-order valence-corrected chi connectivity index (χ1v) is 10.0. The van der Waals surface area contributed by atoms with E-state index in [0.29, 0.717) is 17.3 Å². The van der Waals surface area contributed by atoms with Crippen molar-refractivity contribution in [2.24, 2.45) is 11.3 Å². The van der Waals surface area contributed by atoms with E-state index in [1.807, 2.05) is 0 Å². The molecule has 152 valence electrons. The van der Waals surface area contributed by atoms with Gasteiger partial charge in [0.2, 0.25) is 0 Å². The minimum Gasteiger partial charge on any atom is -0.459 e. The molecule has 1 saturated carbocycles. The van der Waals surface area contributed by atoms with Crippen LogP contribution in [0.25, 0.3) is 0 Å². The van der Waals surface area contributed by atoms with Crippen molar-refractivity contribution >= 4 is 33.8 Å². The van der Waals surface area contributed by atoms with E-state index in [0.717, 1.165) is 11.3 Å². The van der Waals surface area contributed by atoms with Gasteiger partial charge in [-0.2, -0.15) is 0 Å². The number of carbonyl (C=O) groups is 3. The molecule has 0 bridgehead atoms. The molecule has 1 N–H and O–H groups in total. The van der Waals surface area contributed by atoms with Crippen LogP contribution in [0.4, 0.5) is 9.18 Å². The van der Waals surface area contributed by atoms with Gasteiger partial charge in [-0.3, -0.25) is 14.5 Å². The summed E-state index contributed by atoms with van der Waals surface area (Å²) in [6, 6.07) is 3.83. The van der Waals surface area contributed by atoms with Crippen LogP contribution < -0.4 is 5.32 Å². The number of carbonyl (C=O) groups excluding carboxylic acids is 3. The zero-order valence-electron chi connectivity index (χ0n) is 16.2. The maximum atomic E-state index is 13.8. The Morgan fingerprint density at radius 2 is 2.07 bits per heavy atom. The Hall–Kier alpha value is -1.96. The summed E-state index contributed by atoms with van der Waals surface area (Å²) in [6.07, 6.45) is 2.06. The molecular formula is C20H24BrFN2O4. The van der Waals surface area contributed by atoms with Crippen molar-refractivity contribution in [2.75, 3.05) is 6.54 Å². The van der Waals surface area contributed by atoms with Crippen LogP contribution in [0.5, 0.6) is 0 Å². The van der Waals surface area contributed by atoms with Gasteiger partial charge in [-0.05, 0) is 42.7 Å². The van der Waals surface area contributed by atoms with Gasteiger partial charge in [0.15, 0.2) is 0 Å². The molecule has 1 aromatic carbocycles. The van der Waals surface area contributed by atoms with Crippen molar-refractivity contribution in [1.82, 2.24) is 10.2 Å². The van der Waals surface area contributed by atoms with Gasteiger partial charge >= 0.3 is 12.0 Å². The fraction of sp³-hybridized carbons (Fsp3) is 0.550. The van der Waals surface area contributed by atoms with Gasteiger partial charge in [0.25, 0.3) is 5.91 Å². The number of amides is 3. The molecule has 1 spiro atoms. The fourth-order valence-corrected chi connectivity index (χ4v) is 4.95. The third-order valence-electron chi connectivity index (χ3n) is 5.32. The maximum Gasteiger partial charge on any atom is 0.326 e. The molecule has 2 fully saturated rings. The number of nitrogens with zero attached hydrogens (tertiary/aromatic N) is 1. The normalized spacial score (nSPS) is 26.5. The van der Waals surface area contributed by atoms with Crippen molar-refractivity contribution in [3.05, 3.63) is 34.1 Å². The standard InChI is InChI=1S/C20H24BrFN2O4/c1-12-7-19(2,3)11-20(8-12)17(26)24(18(27)23-20)9-16(25)28-10-13-4-5-14(21)6-15(13)22/h4-6,12H,7-11H2,1-3H3,(H,23,27)/t12-,20-/m0/s1. The predicted molar refractivity (Wildman–Crippen MR) is 104 cm³/mol. The van der Waals surface area contributed by atoms with Gasteiger partial charge in [0.05, 0.1) is 0 Å². The van der Waals surface area contributed by atoms with Crippen LogP contribution in [0.1, 0.15) is 45.6 Å². The number of urea groups is 1. The number of hydrogen-bond donors (Lipinski definition) is 1. The average molecular weight is 455 g/mol. The SMILES string of the molecule is C[C@H]1CC(C)(C)C[C@]2(C1)NC(=O)N(CC(=O)OCc1ccc(Br)cc1F)C2=O. The van der Waals surface area contributed by atoms with E-state index in [2.05, 4.69) is 42.0 Å². The molecule has 0 unspecified atom stereocenters. The van der Waals surface area contributed by atoms with Crippen molar-refractivity contribution in [1.29, 1.82) is 0 Å². The van der Waals surface area contributed by atoms with Crippen LogP contribution in [-0.4, -0.2) is 34.9 Å². The average Bonchev–Trinajstić information content (AvgIpc) is 2.75. The first-order chi connectivity index (χ1) is 13.0. The molecule has 8 heteroatoms. The van der Waals surface area contributed by atoms with E-state index in [-0.39, 0.29) is 29.4 Å². The molecule has 2 atom stereocenters. The number of rotatable bonds is 4. The molecule has 3 rings (SSSR count). The lowest BCUT2D eigenvalue weighted by Gasteiger charge is -2.43. The molecule has 0 aromatic heterocycles. The maximum absolute atomic E-state index is 13.8. The summed E-state index contributed by atoms with van der Waals surface area (Å²) in [7, 11) is 0. The Balaban J connectivity index is 1.65. The predicted octanol–water partition coefficient (Wildman–Crippen LogP) is 3.77. The second-order valence-electron chi connectivity index (χ2n) is 8.65. The number of esters is 1. The van der Waals surface area contributed by atoms with Crippen molar-refractivity contribution in [3.63, 3.8) is 0 Å². The van der Waals surface area contributed by atoms with E-state index in [1.54, 1.807) is 6.07 Å². The number of hydrogen-bond acceptors (Lipinski definition) is 4. The molecule has 1 aliphatic carbocycles. The Morgan fingerprint density at radius 3 is 2.71 bits per heavy atom. The monoisotopic (exact) mass is 454 g/mol. The number of halogens is 2. The van der Waals surface area contributed by atoms with Crippen molar-refractivity contribution in [3.8, 4) is 0 Å². The fourth-order valence-electron chi connectivity index (χ4n) is 4.62. The van der Waals surface area contributed by atoms with Gasteiger partial charge in [0, 0.05) is 10.0 Å². The lowest BCUT2D eigenvalue weighted by molar-refractivity contribution is -0.149. The minimum absolute atomic E-state index is 0.0871. The van der Waals surface area contributed by atoms with Crippen molar-refractivity contribution < 1.29 is 23.5 Å². The molecule has 1 saturated heterocycles. The summed E-state index contributed by atoms with van der Waals surface area (Å²) in [4.78, 5) is 38.5. The smallest absolute Gasteiger partial charge is 0.326 e. The molecule has 1 aromatic rings. The summed E-state index contributed by atoms with van der Waals surface area (Å²) in [5.41, 5.74) is -0.833. The molecule has 6 nitrogen and oxygen atoms in total. The van der Waals surface area contributed by atoms with Crippen LogP contribution in [0.3, 0.4) is 0 Å². The van der Waals surface area contributed by atoms with E-state index in [4.69, 9.17) is 4.74 Å². The van der Waals surface area contributed by atoms with E-state index < -0.39 is 29.9 Å². The summed E-state index contributed by atoms with van der Waals surface area (Å²) in [6.45, 7) is 5.46.